The first-order valence-electron chi connectivity index (χ1n) is 13.6. The molecule has 2 aliphatic heterocycles. The Bertz CT molecular complexity index is 1450. The molecule has 3 heterocycles. The maximum absolute atomic E-state index is 13.6. The molecule has 0 radical (unpaired) electrons. The van der Waals surface area contributed by atoms with Crippen LogP contribution in [-0.2, 0) is 27.4 Å². The van der Waals surface area contributed by atoms with Crippen LogP contribution in [0.1, 0.15) is 60.9 Å². The Kier molecular flexibility index (Phi) is 9.48. The van der Waals surface area contributed by atoms with Gasteiger partial charge >= 0.3 is 5.97 Å². The van der Waals surface area contributed by atoms with E-state index in [2.05, 4.69) is 11.0 Å². The molecule has 0 saturated carbocycles. The normalized spacial score (nSPS) is 17.0. The maximum atomic E-state index is 13.6. The summed E-state index contributed by atoms with van der Waals surface area (Å²) in [5, 5.41) is 9.89. The Morgan fingerprint density at radius 3 is 2.45 bits per heavy atom. The molecule has 2 saturated heterocycles. The zero-order valence-corrected chi connectivity index (χ0v) is 25.0. The van der Waals surface area contributed by atoms with Crippen LogP contribution < -0.4 is 10.5 Å². The molecule has 0 aliphatic carbocycles. The molecule has 10 heteroatoms. The van der Waals surface area contributed by atoms with Gasteiger partial charge in [-0.3, -0.25) is 23.9 Å². The number of rotatable bonds is 8. The molecule has 0 bridgehead atoms. The third-order valence-electron chi connectivity index (χ3n) is 7.32. The average Bonchev–Trinajstić information content (AvgIpc) is 3.20. The van der Waals surface area contributed by atoms with Crippen molar-refractivity contribution in [3.63, 3.8) is 0 Å². The summed E-state index contributed by atoms with van der Waals surface area (Å²) in [6, 6.07) is 10.1. The van der Waals surface area contributed by atoms with Crippen molar-refractivity contribution in [2.45, 2.75) is 60.0 Å². The minimum atomic E-state index is -0.339. The predicted octanol–water partition coefficient (Wildman–Crippen LogP) is 4.93. The minimum absolute atomic E-state index is 0.0694. The number of aromatic nitrogens is 1. The number of amides is 1. The molecule has 2 aliphatic rings. The molecule has 2 fully saturated rings. The smallest absolute Gasteiger partial charge is 0.309 e. The number of hydrogen-bond donors (Lipinski definition) is 0. The number of benzene rings is 1. The van der Waals surface area contributed by atoms with Gasteiger partial charge in [0.15, 0.2) is 0 Å². The van der Waals surface area contributed by atoms with Crippen LogP contribution in [0, 0.1) is 31.1 Å². The zero-order chi connectivity index (χ0) is 29.0. The first-order chi connectivity index (χ1) is 19.2. The van der Waals surface area contributed by atoms with Crippen molar-refractivity contribution < 1.29 is 14.3 Å². The highest BCUT2D eigenvalue weighted by atomic mass is 32.2. The molecule has 1 aromatic carbocycles. The maximum Gasteiger partial charge on any atom is 0.309 e. The van der Waals surface area contributed by atoms with E-state index in [0.717, 1.165) is 11.1 Å². The van der Waals surface area contributed by atoms with E-state index in [4.69, 9.17) is 17.0 Å². The summed E-state index contributed by atoms with van der Waals surface area (Å²) in [7, 11) is 0. The summed E-state index contributed by atoms with van der Waals surface area (Å²) in [5.41, 5.74) is 3.04. The number of pyridine rings is 1. The molecule has 40 heavy (non-hydrogen) atoms. The van der Waals surface area contributed by atoms with Crippen LogP contribution >= 0.6 is 24.0 Å². The summed E-state index contributed by atoms with van der Waals surface area (Å²) in [5.74, 6) is 0.0910. The molecule has 0 unspecified atom stereocenters. The van der Waals surface area contributed by atoms with E-state index in [1.54, 1.807) is 29.4 Å². The van der Waals surface area contributed by atoms with Crippen LogP contribution in [0.25, 0.3) is 6.08 Å². The topological polar surface area (TPSA) is 95.6 Å². The fraction of sp³-hybridized carbons (Fsp3) is 0.433. The Balaban J connectivity index is 1.75. The van der Waals surface area contributed by atoms with E-state index >= 15 is 0 Å². The molecule has 8 nitrogen and oxygen atoms in total. The predicted molar refractivity (Wildman–Crippen MR) is 162 cm³/mol. The second-order valence-electron chi connectivity index (χ2n) is 10.1. The van der Waals surface area contributed by atoms with Gasteiger partial charge < -0.3 is 9.64 Å². The van der Waals surface area contributed by atoms with Gasteiger partial charge in [-0.25, -0.2) is 0 Å². The minimum Gasteiger partial charge on any atom is -0.466 e. The van der Waals surface area contributed by atoms with Crippen molar-refractivity contribution >= 4 is 52.1 Å². The van der Waals surface area contributed by atoms with Gasteiger partial charge in [-0.2, -0.15) is 5.26 Å². The van der Waals surface area contributed by atoms with E-state index in [0.29, 0.717) is 78.2 Å². The number of thiocarbonyl (C=S) groups is 1. The van der Waals surface area contributed by atoms with Crippen molar-refractivity contribution in [2.24, 2.45) is 5.92 Å². The van der Waals surface area contributed by atoms with Crippen molar-refractivity contribution in [1.29, 1.82) is 5.26 Å². The Morgan fingerprint density at radius 2 is 1.85 bits per heavy atom. The van der Waals surface area contributed by atoms with Crippen LogP contribution in [-0.4, -0.2) is 45.4 Å². The summed E-state index contributed by atoms with van der Waals surface area (Å²) < 4.78 is 7.34. The average molecular weight is 579 g/mol. The molecular formula is C30H34N4O4S2. The first kappa shape index (κ1) is 29.6. The van der Waals surface area contributed by atoms with E-state index in [-0.39, 0.29) is 28.9 Å². The first-order valence-corrected chi connectivity index (χ1v) is 14.8. The van der Waals surface area contributed by atoms with Gasteiger partial charge in [0.1, 0.15) is 21.8 Å². The van der Waals surface area contributed by atoms with Gasteiger partial charge in [-0.05, 0) is 57.2 Å². The lowest BCUT2D eigenvalue weighted by atomic mass is 9.95. The van der Waals surface area contributed by atoms with Crippen LogP contribution in [0.4, 0.5) is 5.82 Å². The number of aryl methyl sites for hydroxylation is 1. The number of hydrogen-bond acceptors (Lipinski definition) is 8. The van der Waals surface area contributed by atoms with Gasteiger partial charge in [0.05, 0.1) is 24.0 Å². The number of esters is 1. The number of carbonyl (C=O) groups is 2. The summed E-state index contributed by atoms with van der Waals surface area (Å²) >= 11 is 6.82. The largest absolute Gasteiger partial charge is 0.466 e. The van der Waals surface area contributed by atoms with Crippen molar-refractivity contribution in [2.75, 3.05) is 24.6 Å². The van der Waals surface area contributed by atoms with E-state index in [1.807, 2.05) is 38.1 Å². The lowest BCUT2D eigenvalue weighted by Gasteiger charge is -2.35. The van der Waals surface area contributed by atoms with Crippen LogP contribution in [0.3, 0.4) is 0 Å². The Labute approximate surface area is 244 Å². The van der Waals surface area contributed by atoms with Gasteiger partial charge in [0.25, 0.3) is 11.5 Å². The molecule has 0 N–H and O–H groups in total. The third kappa shape index (κ3) is 6.01. The number of nitrogens with zero attached hydrogens (tertiary/aromatic N) is 4. The lowest BCUT2D eigenvalue weighted by molar-refractivity contribution is -0.148. The van der Waals surface area contributed by atoms with Crippen molar-refractivity contribution in [3.8, 4) is 6.07 Å². The molecule has 210 valence electrons. The summed E-state index contributed by atoms with van der Waals surface area (Å²) in [4.78, 5) is 43.5. The Hall–Kier alpha value is -3.42. The molecule has 4 rings (SSSR count). The Morgan fingerprint density at radius 1 is 1.18 bits per heavy atom. The van der Waals surface area contributed by atoms with Crippen molar-refractivity contribution in [1.82, 2.24) is 9.47 Å². The number of thioether (sulfide) groups is 1. The highest BCUT2D eigenvalue weighted by Gasteiger charge is 2.34. The van der Waals surface area contributed by atoms with Gasteiger partial charge in [-0.15, -0.1) is 0 Å². The zero-order valence-electron chi connectivity index (χ0n) is 23.4. The summed E-state index contributed by atoms with van der Waals surface area (Å²) in [6.45, 7) is 9.78. The van der Waals surface area contributed by atoms with Gasteiger partial charge in [0.2, 0.25) is 0 Å². The number of ether oxygens (including phenoxy) is 1. The summed E-state index contributed by atoms with van der Waals surface area (Å²) in [6.07, 6.45) is 3.66. The molecule has 1 amide bonds. The molecule has 1 aromatic heterocycles. The fourth-order valence-corrected chi connectivity index (χ4v) is 6.38. The highest BCUT2D eigenvalue weighted by Crippen LogP contribution is 2.37. The van der Waals surface area contributed by atoms with Crippen LogP contribution in [0.2, 0.25) is 0 Å². The highest BCUT2D eigenvalue weighted by molar-refractivity contribution is 8.26. The van der Waals surface area contributed by atoms with Crippen molar-refractivity contribution in [3.05, 3.63) is 67.3 Å². The van der Waals surface area contributed by atoms with E-state index < -0.39 is 0 Å². The van der Waals surface area contributed by atoms with E-state index in [1.165, 1.54) is 11.8 Å². The molecule has 2 aromatic rings. The standard InChI is InChI=1S/C30H34N4O4S2/c1-5-13-33-26(32-14-11-22(12-15-32)29(37)38-6-2)23(20(4)24(17-31)27(33)35)16-25-28(36)34(30(39)40-25)18-21-9-7-19(3)8-10-21/h7-10,16,22H,5-6,11-15,18H2,1-4H3/b25-16+. The van der Waals surface area contributed by atoms with Gasteiger partial charge in [-0.1, -0.05) is 60.7 Å². The van der Waals surface area contributed by atoms with Crippen LogP contribution in [0.5, 0.6) is 0 Å². The number of nitriles is 1. The fourth-order valence-electron chi connectivity index (χ4n) is 5.15. The van der Waals surface area contributed by atoms with E-state index in [9.17, 15) is 19.6 Å². The molecular weight excluding hydrogens is 544 g/mol. The molecule has 0 spiro atoms. The second kappa shape index (κ2) is 12.8. The quantitative estimate of drug-likeness (QED) is 0.247. The number of anilines is 1. The number of carbonyl (C=O) groups excluding carboxylic acids is 2. The van der Waals surface area contributed by atoms with Crippen LogP contribution in [0.15, 0.2) is 34.0 Å². The monoisotopic (exact) mass is 578 g/mol. The SMILES string of the molecule is CCCn1c(N2CCC(C(=O)OCC)CC2)c(/C=C2/SC(=S)N(Cc3ccc(C)cc3)C2=O)c(C)c(C#N)c1=O. The molecule has 0 atom stereocenters. The lowest BCUT2D eigenvalue weighted by Crippen LogP contribution is -2.41. The number of piperidine rings is 1. The second-order valence-corrected chi connectivity index (χ2v) is 11.7. The van der Waals surface area contributed by atoms with Gasteiger partial charge in [0, 0.05) is 25.2 Å². The third-order valence-corrected chi connectivity index (χ3v) is 8.70.